The number of carboxylic acid groups (broad SMARTS) is 1. The Bertz CT molecular complexity index is 754. The second-order valence-electron chi connectivity index (χ2n) is 6.77. The van der Waals surface area contributed by atoms with Crippen molar-refractivity contribution in [2.24, 2.45) is 0 Å². The van der Waals surface area contributed by atoms with E-state index in [1.807, 2.05) is 0 Å². The van der Waals surface area contributed by atoms with Gasteiger partial charge in [-0.1, -0.05) is 24.3 Å². The van der Waals surface area contributed by atoms with Crippen LogP contribution in [0.4, 0.5) is 5.82 Å². The highest BCUT2D eigenvalue weighted by molar-refractivity contribution is 5.84. The summed E-state index contributed by atoms with van der Waals surface area (Å²) < 4.78 is 0. The Morgan fingerprint density at radius 3 is 2.48 bits per heavy atom. The third kappa shape index (κ3) is 3.35. The molecule has 2 aromatic rings. The first-order chi connectivity index (χ1) is 12.2. The molecule has 130 valence electrons. The van der Waals surface area contributed by atoms with Crippen LogP contribution in [0.15, 0.2) is 36.7 Å². The van der Waals surface area contributed by atoms with Crippen LogP contribution in [0.2, 0.25) is 0 Å². The van der Waals surface area contributed by atoms with Crippen LogP contribution in [0, 0.1) is 0 Å². The van der Waals surface area contributed by atoms with Gasteiger partial charge in [-0.25, -0.2) is 14.8 Å². The summed E-state index contributed by atoms with van der Waals surface area (Å²) in [5, 5.41) is 8.91. The molecule has 25 heavy (non-hydrogen) atoms. The molecule has 0 radical (unpaired) electrons. The first-order valence-corrected chi connectivity index (χ1v) is 8.82. The Labute approximate surface area is 147 Å². The Balaban J connectivity index is 1.36. The molecule has 0 amide bonds. The first-order valence-electron chi connectivity index (χ1n) is 8.82. The number of anilines is 1. The number of piperidine rings is 1. The summed E-state index contributed by atoms with van der Waals surface area (Å²) in [5.74, 6) is -0.268. The van der Waals surface area contributed by atoms with Gasteiger partial charge in [-0.3, -0.25) is 4.90 Å². The molecule has 0 bridgehead atoms. The Morgan fingerprint density at radius 2 is 1.80 bits per heavy atom. The van der Waals surface area contributed by atoms with Crippen LogP contribution in [0.5, 0.6) is 0 Å². The first kappa shape index (κ1) is 16.0. The van der Waals surface area contributed by atoms with Crippen molar-refractivity contribution in [3.05, 3.63) is 53.5 Å². The SMILES string of the molecule is O=C(O)c1cnc(N2CCC(N3CCc4ccccc4C3)CC2)cn1. The number of fused-ring (bicyclic) bond motifs is 1. The Morgan fingerprint density at radius 1 is 1.04 bits per heavy atom. The smallest absolute Gasteiger partial charge is 0.356 e. The lowest BCUT2D eigenvalue weighted by molar-refractivity contribution is 0.0690. The summed E-state index contributed by atoms with van der Waals surface area (Å²) in [4.78, 5) is 23.9. The molecular weight excluding hydrogens is 316 g/mol. The van der Waals surface area contributed by atoms with Crippen LogP contribution in [0.3, 0.4) is 0 Å². The molecule has 1 saturated heterocycles. The molecule has 3 heterocycles. The van der Waals surface area contributed by atoms with E-state index in [1.54, 1.807) is 6.20 Å². The minimum absolute atomic E-state index is 0.00869. The Kier molecular flexibility index (Phi) is 4.36. The standard InChI is InChI=1S/C19H22N4O2/c24-19(25)17-11-21-18(12-20-17)22-9-6-16(7-10-22)23-8-5-14-3-1-2-4-15(14)13-23/h1-4,11-12,16H,5-10,13H2,(H,24,25). The van der Waals surface area contributed by atoms with Crippen LogP contribution in [0.25, 0.3) is 0 Å². The third-order valence-corrected chi connectivity index (χ3v) is 5.32. The van der Waals surface area contributed by atoms with Crippen LogP contribution in [0.1, 0.15) is 34.5 Å². The minimum atomic E-state index is -1.04. The van der Waals surface area contributed by atoms with Gasteiger partial charge in [0, 0.05) is 32.2 Å². The fourth-order valence-electron chi connectivity index (χ4n) is 3.88. The van der Waals surface area contributed by atoms with E-state index in [1.165, 1.54) is 17.3 Å². The Hall–Kier alpha value is -2.47. The molecule has 0 unspecified atom stereocenters. The molecule has 4 rings (SSSR count). The van der Waals surface area contributed by atoms with Gasteiger partial charge in [0.25, 0.3) is 0 Å². The lowest BCUT2D eigenvalue weighted by Gasteiger charge is -2.41. The van der Waals surface area contributed by atoms with Crippen molar-refractivity contribution in [1.82, 2.24) is 14.9 Å². The number of carboxylic acids is 1. The molecule has 1 N–H and O–H groups in total. The highest BCUT2D eigenvalue weighted by Gasteiger charge is 2.27. The molecule has 6 nitrogen and oxygen atoms in total. The van der Waals surface area contributed by atoms with E-state index in [2.05, 4.69) is 44.0 Å². The number of aromatic nitrogens is 2. The highest BCUT2D eigenvalue weighted by atomic mass is 16.4. The van der Waals surface area contributed by atoms with Crippen molar-refractivity contribution in [2.45, 2.75) is 31.8 Å². The number of hydrogen-bond acceptors (Lipinski definition) is 5. The van der Waals surface area contributed by atoms with Crippen LogP contribution in [-0.2, 0) is 13.0 Å². The van der Waals surface area contributed by atoms with Gasteiger partial charge in [-0.15, -0.1) is 0 Å². The van der Waals surface area contributed by atoms with Gasteiger partial charge in [0.1, 0.15) is 5.82 Å². The van der Waals surface area contributed by atoms with Crippen LogP contribution < -0.4 is 4.90 Å². The van der Waals surface area contributed by atoms with E-state index in [4.69, 9.17) is 5.11 Å². The fraction of sp³-hybridized carbons (Fsp3) is 0.421. The van der Waals surface area contributed by atoms with Crippen molar-refractivity contribution in [3.63, 3.8) is 0 Å². The molecule has 2 aliphatic rings. The van der Waals surface area contributed by atoms with Gasteiger partial charge >= 0.3 is 5.97 Å². The summed E-state index contributed by atoms with van der Waals surface area (Å²) in [6.45, 7) is 4.05. The maximum absolute atomic E-state index is 10.9. The summed E-state index contributed by atoms with van der Waals surface area (Å²) in [5.41, 5.74) is 2.95. The van der Waals surface area contributed by atoms with Crippen molar-refractivity contribution < 1.29 is 9.90 Å². The molecule has 0 saturated carbocycles. The normalized spacial score (nSPS) is 18.8. The lowest BCUT2D eigenvalue weighted by atomic mass is 9.95. The summed E-state index contributed by atoms with van der Waals surface area (Å²) in [7, 11) is 0. The quantitative estimate of drug-likeness (QED) is 0.925. The largest absolute Gasteiger partial charge is 0.476 e. The van der Waals surface area contributed by atoms with Gasteiger partial charge in [0.05, 0.1) is 12.4 Å². The maximum Gasteiger partial charge on any atom is 0.356 e. The van der Waals surface area contributed by atoms with E-state index in [-0.39, 0.29) is 5.69 Å². The van der Waals surface area contributed by atoms with Crippen molar-refractivity contribution in [1.29, 1.82) is 0 Å². The van der Waals surface area contributed by atoms with E-state index in [9.17, 15) is 4.79 Å². The lowest BCUT2D eigenvalue weighted by Crippen LogP contribution is -2.46. The number of hydrogen-bond donors (Lipinski definition) is 1. The van der Waals surface area contributed by atoms with E-state index in [0.29, 0.717) is 6.04 Å². The molecule has 1 fully saturated rings. The zero-order valence-corrected chi connectivity index (χ0v) is 14.1. The van der Waals surface area contributed by atoms with Gasteiger partial charge in [-0.05, 0) is 30.4 Å². The third-order valence-electron chi connectivity index (χ3n) is 5.32. The predicted octanol–water partition coefficient (Wildman–Crippen LogP) is 2.20. The molecular formula is C19H22N4O2. The molecule has 0 aliphatic carbocycles. The van der Waals surface area contributed by atoms with Gasteiger partial charge in [0.15, 0.2) is 5.69 Å². The van der Waals surface area contributed by atoms with E-state index < -0.39 is 5.97 Å². The number of carbonyl (C=O) groups is 1. The average molecular weight is 338 g/mol. The summed E-state index contributed by atoms with van der Waals surface area (Å²) in [6, 6.07) is 9.36. The number of aromatic carboxylic acids is 1. The highest BCUT2D eigenvalue weighted by Crippen LogP contribution is 2.26. The van der Waals surface area contributed by atoms with Crippen molar-refractivity contribution >= 4 is 11.8 Å². The minimum Gasteiger partial charge on any atom is -0.476 e. The zero-order valence-electron chi connectivity index (χ0n) is 14.1. The topological polar surface area (TPSA) is 69.6 Å². The van der Waals surface area contributed by atoms with Gasteiger partial charge in [-0.2, -0.15) is 0 Å². The van der Waals surface area contributed by atoms with E-state index >= 15 is 0 Å². The number of nitrogens with zero attached hydrogens (tertiary/aromatic N) is 4. The molecule has 0 spiro atoms. The van der Waals surface area contributed by atoms with Gasteiger partial charge in [0.2, 0.25) is 0 Å². The second kappa shape index (κ2) is 6.80. The molecule has 1 aromatic heterocycles. The molecule has 1 aromatic carbocycles. The van der Waals surface area contributed by atoms with Crippen molar-refractivity contribution in [3.8, 4) is 0 Å². The van der Waals surface area contributed by atoms with Crippen LogP contribution >= 0.6 is 0 Å². The summed E-state index contributed by atoms with van der Waals surface area (Å²) >= 11 is 0. The number of rotatable bonds is 3. The molecule has 6 heteroatoms. The fourth-order valence-corrected chi connectivity index (χ4v) is 3.88. The number of benzene rings is 1. The predicted molar refractivity (Wildman–Crippen MR) is 94.8 cm³/mol. The zero-order chi connectivity index (χ0) is 17.2. The monoisotopic (exact) mass is 338 g/mol. The molecule has 2 aliphatic heterocycles. The van der Waals surface area contributed by atoms with Crippen LogP contribution in [-0.4, -0.2) is 51.6 Å². The maximum atomic E-state index is 10.9. The van der Waals surface area contributed by atoms with Gasteiger partial charge < -0.3 is 10.0 Å². The van der Waals surface area contributed by atoms with Crippen molar-refractivity contribution in [2.75, 3.05) is 24.5 Å². The van der Waals surface area contributed by atoms with E-state index in [0.717, 1.165) is 51.3 Å². The second-order valence-corrected chi connectivity index (χ2v) is 6.77. The average Bonchev–Trinajstić information content (AvgIpc) is 2.68. The molecule has 0 atom stereocenters. The summed E-state index contributed by atoms with van der Waals surface area (Å²) in [6.07, 6.45) is 6.25.